The van der Waals surface area contributed by atoms with E-state index in [9.17, 15) is 18.0 Å². The molecule has 150 valence electrons. The Hall–Kier alpha value is -2.97. The van der Waals surface area contributed by atoms with Gasteiger partial charge in [-0.1, -0.05) is 30.3 Å². The summed E-state index contributed by atoms with van der Waals surface area (Å²) >= 11 is 0. The topological polar surface area (TPSA) is 96.7 Å². The fraction of sp³-hybridized carbons (Fsp3) is 0.238. The Labute approximate surface area is 168 Å². The first-order valence-corrected chi connectivity index (χ1v) is 10.8. The molecule has 1 amide bonds. The number of para-hydroxylation sites is 1. The highest BCUT2D eigenvalue weighted by molar-refractivity contribution is 7.90. The van der Waals surface area contributed by atoms with Crippen LogP contribution in [0.25, 0.3) is 11.0 Å². The van der Waals surface area contributed by atoms with Crippen molar-refractivity contribution in [3.63, 3.8) is 0 Å². The number of amides is 1. The summed E-state index contributed by atoms with van der Waals surface area (Å²) in [6, 6.07) is 15.4. The summed E-state index contributed by atoms with van der Waals surface area (Å²) in [5.41, 5.74) is 0.951. The maximum absolute atomic E-state index is 12.5. The number of unbranched alkanes of at least 4 members (excludes halogenated alkanes) is 1. The number of benzene rings is 2. The molecule has 2 heterocycles. The predicted molar refractivity (Wildman–Crippen MR) is 108 cm³/mol. The molecule has 0 saturated carbocycles. The molecule has 0 unspecified atom stereocenters. The van der Waals surface area contributed by atoms with E-state index < -0.39 is 15.9 Å². The molecule has 4 rings (SSSR count). The van der Waals surface area contributed by atoms with Gasteiger partial charge in [0.2, 0.25) is 0 Å². The van der Waals surface area contributed by atoms with Gasteiger partial charge >= 0.3 is 5.63 Å². The third-order valence-electron chi connectivity index (χ3n) is 4.91. The van der Waals surface area contributed by atoms with Crippen molar-refractivity contribution in [2.45, 2.75) is 24.3 Å². The molecule has 7 nitrogen and oxygen atoms in total. The molecular formula is C21H20N2O5S. The molecule has 0 bridgehead atoms. The fourth-order valence-electron chi connectivity index (χ4n) is 3.41. The Balaban J connectivity index is 1.29. The van der Waals surface area contributed by atoms with E-state index in [4.69, 9.17) is 4.42 Å². The van der Waals surface area contributed by atoms with Gasteiger partial charge < -0.3 is 9.73 Å². The van der Waals surface area contributed by atoms with Gasteiger partial charge in [0.15, 0.2) is 0 Å². The van der Waals surface area contributed by atoms with E-state index in [1.807, 2.05) is 18.2 Å². The van der Waals surface area contributed by atoms with Crippen LogP contribution in [0.3, 0.4) is 0 Å². The lowest BCUT2D eigenvalue weighted by Crippen LogP contribution is -2.31. The third kappa shape index (κ3) is 3.68. The molecule has 3 aromatic rings. The van der Waals surface area contributed by atoms with E-state index in [1.165, 1.54) is 12.1 Å². The molecule has 0 atom stereocenters. The van der Waals surface area contributed by atoms with Crippen molar-refractivity contribution in [1.82, 2.24) is 9.62 Å². The van der Waals surface area contributed by atoms with E-state index in [1.54, 1.807) is 24.3 Å². The van der Waals surface area contributed by atoms with Crippen LogP contribution in [0.2, 0.25) is 0 Å². The summed E-state index contributed by atoms with van der Waals surface area (Å²) in [6.45, 7) is 1.08. The molecule has 0 fully saturated rings. The van der Waals surface area contributed by atoms with Crippen LogP contribution in [-0.2, 0) is 16.6 Å². The number of carbonyl (C=O) groups is 1. The minimum absolute atomic E-state index is 0.0751. The van der Waals surface area contributed by atoms with Crippen molar-refractivity contribution in [3.8, 4) is 0 Å². The van der Waals surface area contributed by atoms with Gasteiger partial charge in [0.05, 0.1) is 11.1 Å². The van der Waals surface area contributed by atoms with Gasteiger partial charge in [-0.3, -0.25) is 4.79 Å². The van der Waals surface area contributed by atoms with Crippen molar-refractivity contribution in [1.29, 1.82) is 0 Å². The maximum atomic E-state index is 12.5. The normalized spacial score (nSPS) is 15.0. The Morgan fingerprint density at radius 3 is 2.55 bits per heavy atom. The number of nitrogens with one attached hydrogen (secondary N) is 1. The molecule has 2 aromatic carbocycles. The number of rotatable bonds is 7. The van der Waals surface area contributed by atoms with Crippen LogP contribution in [0.4, 0.5) is 0 Å². The van der Waals surface area contributed by atoms with Gasteiger partial charge in [0, 0.05) is 18.5 Å². The zero-order valence-corrected chi connectivity index (χ0v) is 16.4. The summed E-state index contributed by atoms with van der Waals surface area (Å²) in [5.74, 6) is -0.470. The highest BCUT2D eigenvalue weighted by Crippen LogP contribution is 2.29. The second-order valence-corrected chi connectivity index (χ2v) is 8.69. The molecule has 0 spiro atoms. The second kappa shape index (κ2) is 7.81. The highest BCUT2D eigenvalue weighted by atomic mass is 32.2. The number of carbonyl (C=O) groups excluding carboxylic acids is 1. The summed E-state index contributed by atoms with van der Waals surface area (Å²) in [5, 5.41) is 4.03. The molecule has 0 saturated heterocycles. The predicted octanol–water partition coefficient (Wildman–Crippen LogP) is 2.51. The average molecular weight is 412 g/mol. The molecule has 1 N–H and O–H groups in total. The number of sulfonamides is 1. The van der Waals surface area contributed by atoms with Crippen LogP contribution in [0, 0.1) is 0 Å². The summed E-state index contributed by atoms with van der Waals surface area (Å²) in [7, 11) is -3.75. The van der Waals surface area contributed by atoms with Gasteiger partial charge in [-0.15, -0.1) is 0 Å². The van der Waals surface area contributed by atoms with Crippen LogP contribution < -0.4 is 10.9 Å². The SMILES string of the molecule is O=C1c2ccccc2S(=O)(=O)N1CCCCNCc1cc2ccccc2oc1=O. The number of hydrogen-bond acceptors (Lipinski definition) is 6. The molecule has 29 heavy (non-hydrogen) atoms. The van der Waals surface area contributed by atoms with Crippen LogP contribution >= 0.6 is 0 Å². The Morgan fingerprint density at radius 1 is 0.966 bits per heavy atom. The van der Waals surface area contributed by atoms with Crippen LogP contribution in [0.1, 0.15) is 28.8 Å². The third-order valence-corrected chi connectivity index (χ3v) is 6.75. The van der Waals surface area contributed by atoms with Crippen molar-refractivity contribution < 1.29 is 17.6 Å². The first-order valence-electron chi connectivity index (χ1n) is 9.37. The molecule has 8 heteroatoms. The monoisotopic (exact) mass is 412 g/mol. The first kappa shape index (κ1) is 19.4. The largest absolute Gasteiger partial charge is 0.422 e. The van der Waals surface area contributed by atoms with Crippen molar-refractivity contribution in [3.05, 3.63) is 76.1 Å². The standard InChI is InChI=1S/C21H20N2O5S/c24-20-17-8-2-4-10-19(17)29(26,27)23(20)12-6-5-11-22-14-16-13-15-7-1-3-9-18(15)28-21(16)25/h1-4,7-10,13,22H,5-6,11-12,14H2. The van der Waals surface area contributed by atoms with E-state index >= 15 is 0 Å². The lowest BCUT2D eigenvalue weighted by Gasteiger charge is -2.14. The van der Waals surface area contributed by atoms with Gasteiger partial charge in [-0.2, -0.15) is 0 Å². The van der Waals surface area contributed by atoms with Crippen molar-refractivity contribution in [2.75, 3.05) is 13.1 Å². The fourth-order valence-corrected chi connectivity index (χ4v) is 5.02. The molecule has 0 aliphatic carbocycles. The smallest absolute Gasteiger partial charge is 0.340 e. The maximum Gasteiger partial charge on any atom is 0.340 e. The highest BCUT2D eigenvalue weighted by Gasteiger charge is 2.40. The van der Waals surface area contributed by atoms with E-state index in [2.05, 4.69) is 5.32 Å². The zero-order valence-electron chi connectivity index (χ0n) is 15.6. The van der Waals surface area contributed by atoms with E-state index in [0.29, 0.717) is 37.1 Å². The molecular weight excluding hydrogens is 392 g/mol. The minimum atomic E-state index is -3.75. The van der Waals surface area contributed by atoms with Crippen LogP contribution in [0.5, 0.6) is 0 Å². The van der Waals surface area contributed by atoms with Gasteiger partial charge in [-0.05, 0) is 43.7 Å². The average Bonchev–Trinajstić information content (AvgIpc) is 2.91. The zero-order chi connectivity index (χ0) is 20.4. The Morgan fingerprint density at radius 2 is 1.72 bits per heavy atom. The summed E-state index contributed by atoms with van der Waals surface area (Å²) in [6.07, 6.45) is 1.19. The van der Waals surface area contributed by atoms with Gasteiger partial charge in [-0.25, -0.2) is 17.5 Å². The molecule has 1 aliphatic rings. The number of fused-ring (bicyclic) bond motifs is 2. The summed E-state index contributed by atoms with van der Waals surface area (Å²) in [4.78, 5) is 24.4. The van der Waals surface area contributed by atoms with Gasteiger partial charge in [0.25, 0.3) is 15.9 Å². The number of nitrogens with zero attached hydrogens (tertiary/aromatic N) is 1. The molecule has 1 aromatic heterocycles. The molecule has 0 radical (unpaired) electrons. The lowest BCUT2D eigenvalue weighted by molar-refractivity contribution is 0.0869. The van der Waals surface area contributed by atoms with Gasteiger partial charge in [0.1, 0.15) is 10.5 Å². The van der Waals surface area contributed by atoms with E-state index in [-0.39, 0.29) is 22.6 Å². The summed E-state index contributed by atoms with van der Waals surface area (Å²) < 4.78 is 31.2. The lowest BCUT2D eigenvalue weighted by atomic mass is 10.2. The number of hydrogen-bond donors (Lipinski definition) is 1. The second-order valence-electron chi connectivity index (χ2n) is 6.86. The Bertz CT molecular complexity index is 1230. The van der Waals surface area contributed by atoms with Crippen molar-refractivity contribution in [2.24, 2.45) is 0 Å². The Kier molecular flexibility index (Phi) is 5.21. The minimum Gasteiger partial charge on any atom is -0.422 e. The molecule has 1 aliphatic heterocycles. The van der Waals surface area contributed by atoms with E-state index in [0.717, 1.165) is 9.69 Å². The van der Waals surface area contributed by atoms with Crippen LogP contribution in [0.15, 0.2) is 68.7 Å². The first-order chi connectivity index (χ1) is 14.0. The quantitative estimate of drug-likeness (QED) is 0.473. The van der Waals surface area contributed by atoms with Crippen LogP contribution in [-0.4, -0.2) is 31.7 Å². The van der Waals surface area contributed by atoms with Crippen molar-refractivity contribution >= 4 is 26.9 Å².